The van der Waals surface area contributed by atoms with Crippen molar-refractivity contribution in [1.29, 1.82) is 0 Å². The van der Waals surface area contributed by atoms with Crippen molar-refractivity contribution in [2.75, 3.05) is 5.88 Å². The lowest BCUT2D eigenvalue weighted by Gasteiger charge is -2.62. The van der Waals surface area contributed by atoms with Crippen molar-refractivity contribution in [3.8, 4) is 0 Å². The lowest BCUT2D eigenvalue weighted by Crippen LogP contribution is -2.70. The number of alkyl halides is 2. The van der Waals surface area contributed by atoms with Crippen molar-refractivity contribution in [2.45, 2.75) is 83.6 Å². The maximum Gasteiger partial charge on any atom is 0.306 e. The summed E-state index contributed by atoms with van der Waals surface area (Å²) in [5.41, 5.74) is -4.84. The molecule has 4 aliphatic rings. The molecule has 0 spiro atoms. The first kappa shape index (κ1) is 24.6. The molecule has 4 rings (SSSR count). The summed E-state index contributed by atoms with van der Waals surface area (Å²) in [6, 6.07) is 0. The molecule has 0 aliphatic heterocycles. The van der Waals surface area contributed by atoms with Crippen LogP contribution in [0, 0.1) is 28.6 Å². The SMILES string of the molecule is CCCC(=O)O[C@]1(C(=O)CCl)[C@@H](C)C[C@H]2[C@@H]3CCC4=CC(=O)C=C[C@]4(C)[C@@]3(F)[C@@H](O)C[C@@]21C. The molecule has 3 fully saturated rings. The molecule has 0 saturated heterocycles. The van der Waals surface area contributed by atoms with E-state index in [1.807, 2.05) is 20.8 Å². The van der Waals surface area contributed by atoms with Gasteiger partial charge in [-0.2, -0.15) is 0 Å². The topological polar surface area (TPSA) is 80.7 Å². The Bertz CT molecular complexity index is 945. The average Bonchev–Trinajstić information content (AvgIpc) is 2.97. The second kappa shape index (κ2) is 8.01. The Hall–Kier alpha value is -1.53. The van der Waals surface area contributed by atoms with Gasteiger partial charge >= 0.3 is 5.97 Å². The van der Waals surface area contributed by atoms with Gasteiger partial charge in [0.2, 0.25) is 0 Å². The van der Waals surface area contributed by atoms with Crippen LogP contribution < -0.4 is 0 Å². The Balaban J connectivity index is 1.83. The maximum absolute atomic E-state index is 17.2. The summed E-state index contributed by atoms with van der Waals surface area (Å²) in [7, 11) is 0. The fourth-order valence-corrected chi connectivity index (χ4v) is 8.13. The third kappa shape index (κ3) is 3.02. The molecule has 0 radical (unpaired) electrons. The summed E-state index contributed by atoms with van der Waals surface area (Å²) in [5, 5.41) is 11.5. The van der Waals surface area contributed by atoms with Gasteiger partial charge in [0, 0.05) is 29.1 Å². The molecule has 7 heteroatoms. The normalized spacial score (nSPS) is 46.2. The van der Waals surface area contributed by atoms with E-state index in [1.165, 1.54) is 12.2 Å². The molecule has 4 aliphatic carbocycles. The van der Waals surface area contributed by atoms with Gasteiger partial charge in [0.25, 0.3) is 0 Å². The van der Waals surface area contributed by atoms with E-state index in [2.05, 4.69) is 0 Å². The number of halogens is 2. The Morgan fingerprint density at radius 1 is 1.30 bits per heavy atom. The van der Waals surface area contributed by atoms with Crippen LogP contribution in [0.5, 0.6) is 0 Å². The summed E-state index contributed by atoms with van der Waals surface area (Å²) in [6.45, 7) is 7.35. The first-order chi connectivity index (χ1) is 15.4. The number of ether oxygens (including phenoxy) is 1. The summed E-state index contributed by atoms with van der Waals surface area (Å²) in [5.74, 6) is -2.52. The minimum atomic E-state index is -1.99. The van der Waals surface area contributed by atoms with E-state index in [0.717, 1.165) is 0 Å². The molecular formula is C26H34ClFO5. The Kier molecular flexibility index (Phi) is 5.97. The fraction of sp³-hybridized carbons (Fsp3) is 0.731. The standard InChI is InChI=1S/C26H34ClFO5/c1-5-6-22(32)33-26(21(31)14-27)15(2)11-19-18-8-7-16-12-17(29)9-10-23(16,3)25(18,28)20(30)13-24(19,26)4/h9-10,12,15,18-20,30H,5-8,11,13-14H2,1-4H3/t15-,18-,19-,20-,23-,24-,25-,26-/m0/s1. The van der Waals surface area contributed by atoms with Gasteiger partial charge in [0.1, 0.15) is 0 Å². The van der Waals surface area contributed by atoms with Crippen LogP contribution in [0.1, 0.15) is 66.2 Å². The molecule has 3 saturated carbocycles. The van der Waals surface area contributed by atoms with Gasteiger partial charge in [-0.3, -0.25) is 14.4 Å². The number of aliphatic hydroxyl groups is 1. The van der Waals surface area contributed by atoms with E-state index in [4.69, 9.17) is 16.3 Å². The second-order valence-electron chi connectivity index (χ2n) is 10.9. The molecule has 0 bridgehead atoms. The van der Waals surface area contributed by atoms with Gasteiger partial charge < -0.3 is 9.84 Å². The van der Waals surface area contributed by atoms with Crippen LogP contribution in [0.15, 0.2) is 23.8 Å². The third-order valence-corrected chi connectivity index (χ3v) is 9.69. The number of rotatable bonds is 5. The van der Waals surface area contributed by atoms with Crippen LogP contribution in [-0.4, -0.2) is 45.9 Å². The first-order valence-electron chi connectivity index (χ1n) is 12.0. The predicted molar refractivity (Wildman–Crippen MR) is 122 cm³/mol. The zero-order chi connectivity index (χ0) is 24.4. The van der Waals surface area contributed by atoms with Gasteiger partial charge in [0.05, 0.1) is 12.0 Å². The Morgan fingerprint density at radius 2 is 2.00 bits per heavy atom. The number of aliphatic hydroxyl groups excluding tert-OH is 1. The molecule has 0 unspecified atom stereocenters. The minimum absolute atomic E-state index is 0.0261. The lowest BCUT2D eigenvalue weighted by molar-refractivity contribution is -0.227. The van der Waals surface area contributed by atoms with Crippen LogP contribution in [0.4, 0.5) is 4.39 Å². The van der Waals surface area contributed by atoms with Crippen molar-refractivity contribution >= 4 is 29.1 Å². The number of hydrogen-bond acceptors (Lipinski definition) is 5. The van der Waals surface area contributed by atoms with E-state index in [1.54, 1.807) is 13.0 Å². The molecule has 1 N–H and O–H groups in total. The molecule has 8 atom stereocenters. The Morgan fingerprint density at radius 3 is 2.64 bits per heavy atom. The number of carbonyl (C=O) groups is 3. The van der Waals surface area contributed by atoms with Crippen molar-refractivity contribution in [1.82, 2.24) is 0 Å². The van der Waals surface area contributed by atoms with E-state index in [9.17, 15) is 19.5 Å². The molecule has 0 heterocycles. The van der Waals surface area contributed by atoms with Gasteiger partial charge in [-0.05, 0) is 57.1 Å². The highest BCUT2D eigenvalue weighted by Crippen LogP contribution is 2.71. The molecule has 0 amide bonds. The average molecular weight is 481 g/mol. The monoisotopic (exact) mass is 480 g/mol. The van der Waals surface area contributed by atoms with E-state index >= 15 is 4.39 Å². The second-order valence-corrected chi connectivity index (χ2v) is 11.2. The Labute approximate surface area is 199 Å². The van der Waals surface area contributed by atoms with Gasteiger partial charge in [0.15, 0.2) is 22.8 Å². The number of fused-ring (bicyclic) bond motifs is 5. The van der Waals surface area contributed by atoms with Crippen molar-refractivity contribution in [3.05, 3.63) is 23.8 Å². The van der Waals surface area contributed by atoms with E-state index in [-0.39, 0.29) is 42.1 Å². The molecule has 33 heavy (non-hydrogen) atoms. The number of hydrogen-bond donors (Lipinski definition) is 1. The highest BCUT2D eigenvalue weighted by atomic mass is 35.5. The largest absolute Gasteiger partial charge is 0.450 e. The van der Waals surface area contributed by atoms with Crippen molar-refractivity contribution in [3.63, 3.8) is 0 Å². The van der Waals surface area contributed by atoms with Gasteiger partial charge in [-0.1, -0.05) is 32.4 Å². The highest BCUT2D eigenvalue weighted by molar-refractivity contribution is 6.29. The zero-order valence-electron chi connectivity index (χ0n) is 19.8. The number of allylic oxidation sites excluding steroid dienone is 4. The third-order valence-electron chi connectivity index (χ3n) is 9.45. The quantitative estimate of drug-likeness (QED) is 0.463. The zero-order valence-corrected chi connectivity index (χ0v) is 20.6. The van der Waals surface area contributed by atoms with Crippen LogP contribution in [0.25, 0.3) is 0 Å². The minimum Gasteiger partial charge on any atom is -0.450 e. The first-order valence-corrected chi connectivity index (χ1v) is 12.6. The maximum atomic E-state index is 17.2. The highest BCUT2D eigenvalue weighted by Gasteiger charge is 2.77. The van der Waals surface area contributed by atoms with Crippen molar-refractivity contribution in [2.24, 2.45) is 28.6 Å². The molecule has 5 nitrogen and oxygen atoms in total. The van der Waals surface area contributed by atoms with Crippen LogP contribution in [0.3, 0.4) is 0 Å². The summed E-state index contributed by atoms with van der Waals surface area (Å²) in [6.07, 6.45) is 5.33. The predicted octanol–water partition coefficient (Wildman–Crippen LogP) is 4.49. The number of esters is 1. The molecule has 0 aromatic heterocycles. The molecule has 182 valence electrons. The van der Waals surface area contributed by atoms with Gasteiger partial charge in [-0.15, -0.1) is 11.6 Å². The van der Waals surface area contributed by atoms with E-state index in [0.29, 0.717) is 31.3 Å². The number of Topliss-reactive ketones (excluding diaryl/α,β-unsaturated/α-hetero) is 1. The smallest absolute Gasteiger partial charge is 0.306 e. The van der Waals surface area contributed by atoms with Crippen LogP contribution in [-0.2, 0) is 19.1 Å². The summed E-state index contributed by atoms with van der Waals surface area (Å²) >= 11 is 6.04. The van der Waals surface area contributed by atoms with Crippen LogP contribution in [0.2, 0.25) is 0 Å². The summed E-state index contributed by atoms with van der Waals surface area (Å²) < 4.78 is 23.2. The lowest BCUT2D eigenvalue weighted by atomic mass is 9.44. The number of ketones is 2. The van der Waals surface area contributed by atoms with Crippen molar-refractivity contribution < 1.29 is 28.6 Å². The summed E-state index contributed by atoms with van der Waals surface area (Å²) in [4.78, 5) is 38.0. The molecular weight excluding hydrogens is 447 g/mol. The molecule has 0 aromatic carbocycles. The van der Waals surface area contributed by atoms with E-state index < -0.39 is 40.1 Å². The number of carbonyl (C=O) groups excluding carboxylic acids is 3. The molecule has 0 aromatic rings. The van der Waals surface area contributed by atoms with Crippen LogP contribution >= 0.6 is 11.6 Å². The van der Waals surface area contributed by atoms with Gasteiger partial charge in [-0.25, -0.2) is 4.39 Å². The fourth-order valence-electron chi connectivity index (χ4n) is 7.93.